The molecule has 1 amide bonds. The van der Waals surface area contributed by atoms with Crippen molar-refractivity contribution in [1.82, 2.24) is 20.0 Å². The lowest BCUT2D eigenvalue weighted by Gasteiger charge is -2.31. The summed E-state index contributed by atoms with van der Waals surface area (Å²) in [6.45, 7) is 2.74. The van der Waals surface area contributed by atoms with E-state index in [4.69, 9.17) is 0 Å². The SMILES string of the molecule is CNCCC1CCN(C(=O)c2cnn(-c3cccc(Br)c3)c2)CC1. The summed E-state index contributed by atoms with van der Waals surface area (Å²) in [5.74, 6) is 0.814. The van der Waals surface area contributed by atoms with Crippen molar-refractivity contribution in [2.24, 2.45) is 5.92 Å². The van der Waals surface area contributed by atoms with Crippen LogP contribution in [0.2, 0.25) is 0 Å². The highest BCUT2D eigenvalue weighted by atomic mass is 79.9. The molecule has 1 aromatic heterocycles. The minimum absolute atomic E-state index is 0.0864. The Hall–Kier alpha value is -1.66. The molecule has 1 aliphatic rings. The Balaban J connectivity index is 1.62. The normalized spacial score (nSPS) is 15.7. The number of hydrogen-bond donors (Lipinski definition) is 1. The number of carbonyl (C=O) groups excluding carboxylic acids is 1. The van der Waals surface area contributed by atoms with E-state index in [1.54, 1.807) is 10.9 Å². The van der Waals surface area contributed by atoms with Gasteiger partial charge in [0.25, 0.3) is 5.91 Å². The number of hydrogen-bond acceptors (Lipinski definition) is 3. The van der Waals surface area contributed by atoms with Crippen molar-refractivity contribution in [1.29, 1.82) is 0 Å². The van der Waals surface area contributed by atoms with E-state index < -0.39 is 0 Å². The second kappa shape index (κ2) is 7.94. The fraction of sp³-hybridized carbons (Fsp3) is 0.444. The van der Waals surface area contributed by atoms with E-state index in [0.717, 1.165) is 48.6 Å². The summed E-state index contributed by atoms with van der Waals surface area (Å²) in [4.78, 5) is 14.6. The van der Waals surface area contributed by atoms with Crippen LogP contribution in [0.5, 0.6) is 0 Å². The molecule has 1 aliphatic heterocycles. The zero-order chi connectivity index (χ0) is 16.9. The van der Waals surface area contributed by atoms with Crippen molar-refractivity contribution in [3.63, 3.8) is 0 Å². The van der Waals surface area contributed by atoms with Crippen LogP contribution in [-0.4, -0.2) is 47.3 Å². The Labute approximate surface area is 151 Å². The molecule has 1 saturated heterocycles. The van der Waals surface area contributed by atoms with E-state index in [1.165, 1.54) is 6.42 Å². The number of benzene rings is 1. The van der Waals surface area contributed by atoms with Gasteiger partial charge in [-0.25, -0.2) is 4.68 Å². The predicted molar refractivity (Wildman–Crippen MR) is 98.4 cm³/mol. The van der Waals surface area contributed by atoms with Gasteiger partial charge in [-0.15, -0.1) is 0 Å². The summed E-state index contributed by atoms with van der Waals surface area (Å²) in [6, 6.07) is 7.88. The quantitative estimate of drug-likeness (QED) is 0.852. The number of amides is 1. The van der Waals surface area contributed by atoms with Crippen LogP contribution in [-0.2, 0) is 0 Å². The molecule has 0 unspecified atom stereocenters. The average Bonchev–Trinajstić information content (AvgIpc) is 3.10. The largest absolute Gasteiger partial charge is 0.339 e. The van der Waals surface area contributed by atoms with Crippen LogP contribution in [0.15, 0.2) is 41.1 Å². The van der Waals surface area contributed by atoms with Crippen LogP contribution in [0.4, 0.5) is 0 Å². The third-order valence-corrected chi connectivity index (χ3v) is 5.10. The predicted octanol–water partition coefficient (Wildman–Crippen LogP) is 3.10. The zero-order valence-corrected chi connectivity index (χ0v) is 15.5. The molecule has 1 fully saturated rings. The molecular formula is C18H23BrN4O. The minimum Gasteiger partial charge on any atom is -0.339 e. The number of piperidine rings is 1. The molecule has 3 rings (SSSR count). The Morgan fingerprint density at radius 3 is 2.88 bits per heavy atom. The number of nitrogens with one attached hydrogen (secondary N) is 1. The fourth-order valence-electron chi connectivity index (χ4n) is 3.15. The van der Waals surface area contributed by atoms with E-state index in [0.29, 0.717) is 5.56 Å². The Morgan fingerprint density at radius 1 is 1.38 bits per heavy atom. The molecular weight excluding hydrogens is 368 g/mol. The molecule has 0 aliphatic carbocycles. The molecule has 0 spiro atoms. The first-order valence-corrected chi connectivity index (χ1v) is 9.21. The van der Waals surface area contributed by atoms with Gasteiger partial charge in [-0.05, 0) is 57.0 Å². The van der Waals surface area contributed by atoms with Crippen molar-refractivity contribution in [2.45, 2.75) is 19.3 Å². The second-order valence-corrected chi connectivity index (χ2v) is 7.20. The molecule has 128 valence electrons. The van der Waals surface area contributed by atoms with Crippen LogP contribution in [0.3, 0.4) is 0 Å². The number of likely N-dealkylation sites (tertiary alicyclic amines) is 1. The number of aromatic nitrogens is 2. The topological polar surface area (TPSA) is 50.2 Å². The zero-order valence-electron chi connectivity index (χ0n) is 13.9. The molecule has 0 bridgehead atoms. The highest BCUT2D eigenvalue weighted by Gasteiger charge is 2.24. The Morgan fingerprint density at radius 2 is 2.17 bits per heavy atom. The molecule has 0 radical (unpaired) electrons. The van der Waals surface area contributed by atoms with Gasteiger partial charge in [0, 0.05) is 23.8 Å². The van der Waals surface area contributed by atoms with E-state index in [2.05, 4.69) is 26.3 Å². The summed E-state index contributed by atoms with van der Waals surface area (Å²) in [7, 11) is 1.99. The van der Waals surface area contributed by atoms with Crippen molar-refractivity contribution < 1.29 is 4.79 Å². The van der Waals surface area contributed by atoms with E-state index in [9.17, 15) is 4.79 Å². The van der Waals surface area contributed by atoms with Gasteiger partial charge in [-0.3, -0.25) is 4.79 Å². The maximum absolute atomic E-state index is 12.7. The van der Waals surface area contributed by atoms with E-state index in [-0.39, 0.29) is 5.91 Å². The Kier molecular flexibility index (Phi) is 5.68. The van der Waals surface area contributed by atoms with E-state index >= 15 is 0 Å². The van der Waals surface area contributed by atoms with Crippen molar-refractivity contribution in [2.75, 3.05) is 26.7 Å². The molecule has 6 heteroatoms. The first-order valence-electron chi connectivity index (χ1n) is 8.42. The molecule has 24 heavy (non-hydrogen) atoms. The molecule has 2 heterocycles. The minimum atomic E-state index is 0.0864. The molecule has 2 aromatic rings. The van der Waals surface area contributed by atoms with Gasteiger partial charge < -0.3 is 10.2 Å². The highest BCUT2D eigenvalue weighted by molar-refractivity contribution is 9.10. The summed E-state index contributed by atoms with van der Waals surface area (Å²) < 4.78 is 2.74. The molecule has 0 atom stereocenters. The summed E-state index contributed by atoms with van der Waals surface area (Å²) >= 11 is 3.46. The number of rotatable bonds is 5. The van der Waals surface area contributed by atoms with Crippen LogP contribution in [0.25, 0.3) is 5.69 Å². The van der Waals surface area contributed by atoms with Crippen molar-refractivity contribution in [3.8, 4) is 5.69 Å². The summed E-state index contributed by atoms with van der Waals surface area (Å²) in [5.41, 5.74) is 1.60. The first kappa shape index (κ1) is 17.2. The summed E-state index contributed by atoms with van der Waals surface area (Å²) in [5, 5.41) is 7.54. The fourth-order valence-corrected chi connectivity index (χ4v) is 3.54. The lowest BCUT2D eigenvalue weighted by molar-refractivity contribution is 0.0687. The number of halogens is 1. The van der Waals surface area contributed by atoms with Gasteiger partial charge in [-0.2, -0.15) is 5.10 Å². The third kappa shape index (κ3) is 4.05. The maximum Gasteiger partial charge on any atom is 0.257 e. The molecule has 0 saturated carbocycles. The lowest BCUT2D eigenvalue weighted by atomic mass is 9.93. The second-order valence-electron chi connectivity index (χ2n) is 6.28. The van der Waals surface area contributed by atoms with Crippen LogP contribution >= 0.6 is 15.9 Å². The van der Waals surface area contributed by atoms with Gasteiger partial charge >= 0.3 is 0 Å². The smallest absolute Gasteiger partial charge is 0.257 e. The molecule has 1 aromatic carbocycles. The Bertz CT molecular complexity index is 692. The maximum atomic E-state index is 12.7. The van der Waals surface area contributed by atoms with Gasteiger partial charge in [-0.1, -0.05) is 22.0 Å². The third-order valence-electron chi connectivity index (χ3n) is 4.61. The van der Waals surface area contributed by atoms with Crippen LogP contribution in [0, 0.1) is 5.92 Å². The van der Waals surface area contributed by atoms with Crippen LogP contribution in [0.1, 0.15) is 29.6 Å². The number of nitrogens with zero attached hydrogens (tertiary/aromatic N) is 3. The average molecular weight is 391 g/mol. The number of carbonyl (C=O) groups is 1. The van der Waals surface area contributed by atoms with Crippen molar-refractivity contribution >= 4 is 21.8 Å². The van der Waals surface area contributed by atoms with Crippen LogP contribution < -0.4 is 5.32 Å². The lowest BCUT2D eigenvalue weighted by Crippen LogP contribution is -2.38. The molecule has 5 nitrogen and oxygen atoms in total. The van der Waals surface area contributed by atoms with Gasteiger partial charge in [0.2, 0.25) is 0 Å². The highest BCUT2D eigenvalue weighted by Crippen LogP contribution is 2.22. The molecule has 1 N–H and O–H groups in total. The van der Waals surface area contributed by atoms with E-state index in [1.807, 2.05) is 42.4 Å². The van der Waals surface area contributed by atoms with Gasteiger partial charge in [0.05, 0.1) is 17.4 Å². The first-order chi connectivity index (χ1) is 11.7. The van der Waals surface area contributed by atoms with Gasteiger partial charge in [0.15, 0.2) is 0 Å². The standard InChI is InChI=1S/C18H23BrN4O/c1-20-8-5-14-6-9-22(10-7-14)18(24)15-12-21-23(13-15)17-4-2-3-16(19)11-17/h2-4,11-14,20H,5-10H2,1H3. The summed E-state index contributed by atoms with van der Waals surface area (Å²) in [6.07, 6.45) is 6.85. The monoisotopic (exact) mass is 390 g/mol. The van der Waals surface area contributed by atoms with Gasteiger partial charge in [0.1, 0.15) is 0 Å². The van der Waals surface area contributed by atoms with Crippen molar-refractivity contribution in [3.05, 3.63) is 46.7 Å².